The van der Waals surface area contributed by atoms with Crippen molar-refractivity contribution in [2.75, 3.05) is 0 Å². The van der Waals surface area contributed by atoms with Gasteiger partial charge >= 0.3 is 0 Å². The fourth-order valence-corrected chi connectivity index (χ4v) is 2.79. The molecule has 22 heavy (non-hydrogen) atoms. The largest absolute Gasteiger partial charge is 0.438 e. The van der Waals surface area contributed by atoms with Gasteiger partial charge in [0.2, 0.25) is 5.76 Å². The van der Waals surface area contributed by atoms with Crippen molar-refractivity contribution in [2.24, 2.45) is 5.92 Å². The minimum Gasteiger partial charge on any atom is -0.438 e. The maximum atomic E-state index is 12.3. The molecule has 2 heterocycles. The Labute approximate surface area is 128 Å². The lowest BCUT2D eigenvalue weighted by atomic mass is 9.76. The molecule has 1 unspecified atom stereocenters. The molecule has 6 nitrogen and oxygen atoms in total. The zero-order valence-electron chi connectivity index (χ0n) is 12.4. The molecule has 0 radical (unpaired) electrons. The average molecular weight is 301 g/mol. The molecular formula is C16H19N3O3. The first-order valence-corrected chi connectivity index (χ1v) is 7.42. The molecular weight excluding hydrogens is 282 g/mol. The Balaban J connectivity index is 1.71. The number of hydrogen-bond acceptors (Lipinski definition) is 5. The standard InChI is InChI=1S/C16H19N3O3/c1-10-15(22-9-18-10)16(21)19-14(11-6-13(20)7-11)8-12-4-2-3-5-17-12/h2-5,9,11,13-14,20H,6-8H2,1H3,(H,19,21). The van der Waals surface area contributed by atoms with Crippen molar-refractivity contribution in [3.63, 3.8) is 0 Å². The van der Waals surface area contributed by atoms with E-state index in [2.05, 4.69) is 15.3 Å². The lowest BCUT2D eigenvalue weighted by molar-refractivity contribution is 0.0235. The summed E-state index contributed by atoms with van der Waals surface area (Å²) < 4.78 is 5.14. The summed E-state index contributed by atoms with van der Waals surface area (Å²) in [4.78, 5) is 20.6. The summed E-state index contributed by atoms with van der Waals surface area (Å²) in [5.41, 5.74) is 1.49. The molecule has 0 aromatic carbocycles. The molecule has 3 rings (SSSR count). The predicted octanol–water partition coefficient (Wildman–Crippen LogP) is 1.49. The number of carbonyl (C=O) groups is 1. The van der Waals surface area contributed by atoms with Crippen LogP contribution in [0.4, 0.5) is 0 Å². The quantitative estimate of drug-likeness (QED) is 0.873. The van der Waals surface area contributed by atoms with Gasteiger partial charge < -0.3 is 14.8 Å². The van der Waals surface area contributed by atoms with Crippen molar-refractivity contribution in [1.82, 2.24) is 15.3 Å². The molecule has 1 aliphatic rings. The zero-order chi connectivity index (χ0) is 15.5. The van der Waals surface area contributed by atoms with Gasteiger partial charge in [-0.1, -0.05) is 6.07 Å². The molecule has 116 valence electrons. The van der Waals surface area contributed by atoms with Crippen LogP contribution in [-0.2, 0) is 6.42 Å². The van der Waals surface area contributed by atoms with Gasteiger partial charge in [-0.05, 0) is 37.8 Å². The van der Waals surface area contributed by atoms with Crippen LogP contribution in [-0.4, -0.2) is 33.1 Å². The van der Waals surface area contributed by atoms with Gasteiger partial charge in [-0.25, -0.2) is 4.98 Å². The normalized spacial score (nSPS) is 21.9. The first-order valence-electron chi connectivity index (χ1n) is 7.42. The third-order valence-electron chi connectivity index (χ3n) is 4.14. The Bertz CT molecular complexity index is 635. The number of aryl methyl sites for hydroxylation is 1. The van der Waals surface area contributed by atoms with E-state index in [1.54, 1.807) is 13.1 Å². The van der Waals surface area contributed by atoms with Gasteiger partial charge in [-0.2, -0.15) is 0 Å². The molecule has 1 saturated carbocycles. The van der Waals surface area contributed by atoms with Crippen molar-refractivity contribution < 1.29 is 14.3 Å². The Kier molecular flexibility index (Phi) is 4.20. The fourth-order valence-electron chi connectivity index (χ4n) is 2.79. The Morgan fingerprint density at radius 3 is 2.86 bits per heavy atom. The monoisotopic (exact) mass is 301 g/mol. The first-order chi connectivity index (χ1) is 10.6. The molecule has 1 aliphatic carbocycles. The van der Waals surface area contributed by atoms with Crippen LogP contribution >= 0.6 is 0 Å². The van der Waals surface area contributed by atoms with Gasteiger partial charge in [-0.15, -0.1) is 0 Å². The highest BCUT2D eigenvalue weighted by Gasteiger charge is 2.35. The summed E-state index contributed by atoms with van der Waals surface area (Å²) in [6, 6.07) is 5.66. The molecule has 0 bridgehead atoms. The highest BCUT2D eigenvalue weighted by Crippen LogP contribution is 2.31. The van der Waals surface area contributed by atoms with Gasteiger partial charge in [0.15, 0.2) is 6.39 Å². The topological polar surface area (TPSA) is 88.3 Å². The number of carbonyl (C=O) groups excluding carboxylic acids is 1. The summed E-state index contributed by atoms with van der Waals surface area (Å²) in [5.74, 6) is 0.229. The van der Waals surface area contributed by atoms with Crippen LogP contribution < -0.4 is 5.32 Å². The number of hydrogen-bond donors (Lipinski definition) is 2. The lowest BCUT2D eigenvalue weighted by Crippen LogP contribution is -2.48. The van der Waals surface area contributed by atoms with E-state index in [0.717, 1.165) is 5.69 Å². The Morgan fingerprint density at radius 1 is 1.45 bits per heavy atom. The Morgan fingerprint density at radius 2 is 2.27 bits per heavy atom. The van der Waals surface area contributed by atoms with Crippen molar-refractivity contribution in [1.29, 1.82) is 0 Å². The van der Waals surface area contributed by atoms with E-state index in [4.69, 9.17) is 4.42 Å². The molecule has 2 N–H and O–H groups in total. The minimum absolute atomic E-state index is 0.0738. The number of nitrogens with zero attached hydrogens (tertiary/aromatic N) is 2. The van der Waals surface area contributed by atoms with Gasteiger partial charge in [0.05, 0.1) is 11.8 Å². The van der Waals surface area contributed by atoms with Crippen molar-refractivity contribution in [3.8, 4) is 0 Å². The number of aromatic nitrogens is 2. The number of aliphatic hydroxyl groups excluding tert-OH is 1. The van der Waals surface area contributed by atoms with Gasteiger partial charge in [-0.3, -0.25) is 9.78 Å². The second kappa shape index (κ2) is 6.27. The average Bonchev–Trinajstić information content (AvgIpc) is 2.91. The molecule has 1 amide bonds. The van der Waals surface area contributed by atoms with Crippen LogP contribution in [0.2, 0.25) is 0 Å². The molecule has 1 atom stereocenters. The van der Waals surface area contributed by atoms with Crippen LogP contribution in [0.25, 0.3) is 0 Å². The summed E-state index contributed by atoms with van der Waals surface area (Å²) in [7, 11) is 0. The smallest absolute Gasteiger partial charge is 0.289 e. The highest BCUT2D eigenvalue weighted by molar-refractivity contribution is 5.92. The predicted molar refractivity (Wildman–Crippen MR) is 79.2 cm³/mol. The second-order valence-corrected chi connectivity index (χ2v) is 5.76. The van der Waals surface area contributed by atoms with Gasteiger partial charge in [0.25, 0.3) is 5.91 Å². The maximum absolute atomic E-state index is 12.3. The molecule has 1 fully saturated rings. The second-order valence-electron chi connectivity index (χ2n) is 5.76. The van der Waals surface area contributed by atoms with Crippen molar-refractivity contribution in [2.45, 2.75) is 38.3 Å². The first kappa shape index (κ1) is 14.7. The third-order valence-corrected chi connectivity index (χ3v) is 4.14. The van der Waals surface area contributed by atoms with Crippen LogP contribution in [0.3, 0.4) is 0 Å². The van der Waals surface area contributed by atoms with E-state index in [-0.39, 0.29) is 29.7 Å². The zero-order valence-corrected chi connectivity index (χ0v) is 12.4. The minimum atomic E-state index is -0.266. The summed E-state index contributed by atoms with van der Waals surface area (Å²) >= 11 is 0. The maximum Gasteiger partial charge on any atom is 0.289 e. The summed E-state index contributed by atoms with van der Waals surface area (Å²) in [5, 5.41) is 12.5. The number of nitrogens with one attached hydrogen (secondary N) is 1. The fraction of sp³-hybridized carbons (Fsp3) is 0.438. The Hall–Kier alpha value is -2.21. The molecule has 0 saturated heterocycles. The van der Waals surface area contributed by atoms with Crippen molar-refractivity contribution in [3.05, 3.63) is 47.9 Å². The van der Waals surface area contributed by atoms with Gasteiger partial charge in [0.1, 0.15) is 0 Å². The van der Waals surface area contributed by atoms with E-state index < -0.39 is 0 Å². The van der Waals surface area contributed by atoms with E-state index in [0.29, 0.717) is 25.0 Å². The van der Waals surface area contributed by atoms with Crippen molar-refractivity contribution >= 4 is 5.91 Å². The van der Waals surface area contributed by atoms with Crippen LogP contribution in [0.5, 0.6) is 0 Å². The molecule has 2 aromatic heterocycles. The molecule has 6 heteroatoms. The van der Waals surface area contributed by atoms with E-state index in [9.17, 15) is 9.90 Å². The third kappa shape index (κ3) is 3.17. The summed E-state index contributed by atoms with van der Waals surface area (Å²) in [6.45, 7) is 1.74. The van der Waals surface area contributed by atoms with E-state index >= 15 is 0 Å². The lowest BCUT2D eigenvalue weighted by Gasteiger charge is -2.37. The molecule has 2 aromatic rings. The number of aliphatic hydroxyl groups is 1. The summed E-state index contributed by atoms with van der Waals surface area (Å²) in [6.07, 6.45) is 4.78. The van der Waals surface area contributed by atoms with E-state index in [1.807, 2.05) is 18.2 Å². The number of oxazole rings is 1. The molecule has 0 spiro atoms. The molecule has 0 aliphatic heterocycles. The van der Waals surface area contributed by atoms with E-state index in [1.165, 1.54) is 6.39 Å². The number of pyridine rings is 1. The van der Waals surface area contributed by atoms with Gasteiger partial charge in [0, 0.05) is 24.4 Å². The SMILES string of the molecule is Cc1ncoc1C(=O)NC(Cc1ccccn1)C1CC(O)C1. The number of amides is 1. The van der Waals surface area contributed by atoms with Crippen LogP contribution in [0.15, 0.2) is 35.2 Å². The number of rotatable bonds is 5. The van der Waals surface area contributed by atoms with Crippen LogP contribution in [0, 0.1) is 12.8 Å². The van der Waals surface area contributed by atoms with Crippen LogP contribution in [0.1, 0.15) is 34.8 Å². The highest BCUT2D eigenvalue weighted by atomic mass is 16.3.